The number of aryl methyl sites for hydroxylation is 1. The molecule has 0 saturated carbocycles. The van der Waals surface area contributed by atoms with Gasteiger partial charge in [-0.2, -0.15) is 0 Å². The van der Waals surface area contributed by atoms with E-state index in [1.165, 1.54) is 0 Å². The van der Waals surface area contributed by atoms with Gasteiger partial charge in [-0.15, -0.1) is 0 Å². The van der Waals surface area contributed by atoms with Gasteiger partial charge in [0.05, 0.1) is 13.7 Å². The highest BCUT2D eigenvalue weighted by molar-refractivity contribution is 14.1. The summed E-state index contributed by atoms with van der Waals surface area (Å²) in [5.74, 6) is 0.768. The summed E-state index contributed by atoms with van der Waals surface area (Å²) in [4.78, 5) is 16.5. The summed E-state index contributed by atoms with van der Waals surface area (Å²) >= 11 is 4.46. The maximum Gasteiger partial charge on any atom is 0.363 e. The molecule has 4 nitrogen and oxygen atoms in total. The molecular formula is C19H15I2NO3. The van der Waals surface area contributed by atoms with E-state index < -0.39 is 5.97 Å². The molecule has 0 aromatic heterocycles. The number of hydrogen-bond acceptors (Lipinski definition) is 4. The molecule has 0 fully saturated rings. The zero-order valence-electron chi connectivity index (χ0n) is 13.7. The first-order chi connectivity index (χ1) is 12.0. The molecule has 1 aliphatic rings. The minimum Gasteiger partial charge on any atom is -0.492 e. The van der Waals surface area contributed by atoms with Crippen LogP contribution in [0.1, 0.15) is 23.6 Å². The lowest BCUT2D eigenvalue weighted by Gasteiger charge is -2.09. The molecule has 25 heavy (non-hydrogen) atoms. The molecule has 6 heteroatoms. The number of rotatable bonds is 4. The molecule has 0 aliphatic carbocycles. The van der Waals surface area contributed by atoms with Gasteiger partial charge in [0.1, 0.15) is 5.75 Å². The minimum atomic E-state index is -0.436. The Morgan fingerprint density at radius 2 is 1.80 bits per heavy atom. The molecule has 0 saturated heterocycles. The van der Waals surface area contributed by atoms with Gasteiger partial charge < -0.3 is 9.47 Å². The third-order valence-corrected chi connectivity index (χ3v) is 5.13. The SMILES string of the molecule is CCOc1c(I)cc(/C=C2\N=C(c3ccc(C)cc3)OC2=O)cc1I. The Bertz CT molecular complexity index is 863. The molecule has 0 atom stereocenters. The van der Waals surface area contributed by atoms with E-state index in [4.69, 9.17) is 9.47 Å². The first kappa shape index (κ1) is 18.4. The monoisotopic (exact) mass is 559 g/mol. The highest BCUT2D eigenvalue weighted by Gasteiger charge is 2.24. The van der Waals surface area contributed by atoms with Crippen LogP contribution in [0, 0.1) is 14.1 Å². The van der Waals surface area contributed by atoms with E-state index in [2.05, 4.69) is 50.2 Å². The fraction of sp³-hybridized carbons (Fsp3) is 0.158. The van der Waals surface area contributed by atoms with Crippen molar-refractivity contribution in [3.05, 3.63) is 65.9 Å². The zero-order valence-corrected chi connectivity index (χ0v) is 18.0. The second-order valence-electron chi connectivity index (χ2n) is 5.45. The summed E-state index contributed by atoms with van der Waals surface area (Å²) in [6.45, 7) is 4.58. The standard InChI is InChI=1S/C19H15I2NO3/c1-3-24-17-14(20)8-12(9-15(17)21)10-16-19(23)25-18(22-16)13-6-4-11(2)5-7-13/h4-10H,3H2,1-2H3/b16-10-. The van der Waals surface area contributed by atoms with Crippen molar-refractivity contribution in [1.82, 2.24) is 0 Å². The van der Waals surface area contributed by atoms with Crippen LogP contribution in [-0.4, -0.2) is 18.5 Å². The lowest BCUT2D eigenvalue weighted by atomic mass is 10.1. The Balaban J connectivity index is 1.93. The van der Waals surface area contributed by atoms with E-state index in [1.807, 2.05) is 50.2 Å². The molecule has 0 unspecified atom stereocenters. The number of esters is 1. The van der Waals surface area contributed by atoms with Crippen LogP contribution in [0.3, 0.4) is 0 Å². The Kier molecular flexibility index (Phi) is 5.78. The number of ether oxygens (including phenoxy) is 2. The van der Waals surface area contributed by atoms with Gasteiger partial charge >= 0.3 is 5.97 Å². The van der Waals surface area contributed by atoms with Crippen molar-refractivity contribution in [2.75, 3.05) is 6.61 Å². The first-order valence-corrected chi connectivity index (χ1v) is 9.85. The normalized spacial score (nSPS) is 15.3. The van der Waals surface area contributed by atoms with Crippen molar-refractivity contribution in [2.45, 2.75) is 13.8 Å². The second-order valence-corrected chi connectivity index (χ2v) is 7.77. The van der Waals surface area contributed by atoms with Crippen LogP contribution in [0.5, 0.6) is 5.75 Å². The maximum absolute atomic E-state index is 12.1. The molecular weight excluding hydrogens is 544 g/mol. The van der Waals surface area contributed by atoms with Crippen molar-refractivity contribution in [3.63, 3.8) is 0 Å². The van der Waals surface area contributed by atoms with Crippen LogP contribution in [-0.2, 0) is 9.53 Å². The molecule has 0 N–H and O–H groups in total. The molecule has 2 aromatic carbocycles. The van der Waals surface area contributed by atoms with E-state index in [0.717, 1.165) is 29.6 Å². The summed E-state index contributed by atoms with van der Waals surface area (Å²) in [5, 5.41) is 0. The molecule has 1 aliphatic heterocycles. The summed E-state index contributed by atoms with van der Waals surface area (Å²) < 4.78 is 12.9. The average Bonchev–Trinajstić information content (AvgIpc) is 2.92. The molecule has 0 amide bonds. The van der Waals surface area contributed by atoms with Crippen molar-refractivity contribution in [3.8, 4) is 5.75 Å². The van der Waals surface area contributed by atoms with E-state index in [1.54, 1.807) is 6.08 Å². The Morgan fingerprint density at radius 3 is 2.40 bits per heavy atom. The van der Waals surface area contributed by atoms with Crippen LogP contribution >= 0.6 is 45.2 Å². The molecule has 0 radical (unpaired) electrons. The molecule has 128 valence electrons. The highest BCUT2D eigenvalue weighted by atomic mass is 127. The van der Waals surface area contributed by atoms with Crippen molar-refractivity contribution >= 4 is 63.1 Å². The highest BCUT2D eigenvalue weighted by Crippen LogP contribution is 2.30. The third kappa shape index (κ3) is 4.22. The van der Waals surface area contributed by atoms with Gasteiger partial charge in [0, 0.05) is 5.56 Å². The fourth-order valence-corrected chi connectivity index (χ4v) is 4.46. The van der Waals surface area contributed by atoms with Crippen LogP contribution < -0.4 is 4.74 Å². The molecule has 0 bridgehead atoms. The topological polar surface area (TPSA) is 47.9 Å². The molecule has 2 aromatic rings. The average molecular weight is 559 g/mol. The second kappa shape index (κ2) is 7.86. The number of halogens is 2. The largest absolute Gasteiger partial charge is 0.492 e. The van der Waals surface area contributed by atoms with E-state index >= 15 is 0 Å². The maximum atomic E-state index is 12.1. The fourth-order valence-electron chi connectivity index (χ4n) is 2.33. The van der Waals surface area contributed by atoms with Gasteiger partial charge in [0.25, 0.3) is 0 Å². The summed E-state index contributed by atoms with van der Waals surface area (Å²) in [7, 11) is 0. The van der Waals surface area contributed by atoms with Crippen molar-refractivity contribution < 1.29 is 14.3 Å². The van der Waals surface area contributed by atoms with Gasteiger partial charge in [0.15, 0.2) is 5.70 Å². The number of nitrogens with zero attached hydrogens (tertiary/aromatic N) is 1. The van der Waals surface area contributed by atoms with E-state index in [9.17, 15) is 4.79 Å². The number of aliphatic imine (C=N–C) groups is 1. The number of hydrogen-bond donors (Lipinski definition) is 0. The summed E-state index contributed by atoms with van der Waals surface area (Å²) in [6, 6.07) is 11.6. The number of carbonyl (C=O) groups is 1. The van der Waals surface area contributed by atoms with Crippen LogP contribution in [0.4, 0.5) is 0 Å². The Morgan fingerprint density at radius 1 is 1.16 bits per heavy atom. The van der Waals surface area contributed by atoms with Crippen LogP contribution in [0.25, 0.3) is 6.08 Å². The predicted molar refractivity (Wildman–Crippen MR) is 115 cm³/mol. The Hall–Kier alpha value is -1.42. The van der Waals surface area contributed by atoms with Gasteiger partial charge in [-0.25, -0.2) is 9.79 Å². The van der Waals surface area contributed by atoms with E-state index in [-0.39, 0.29) is 0 Å². The Labute approximate surface area is 173 Å². The van der Waals surface area contributed by atoms with Crippen LogP contribution in [0.15, 0.2) is 47.1 Å². The van der Waals surface area contributed by atoms with Crippen molar-refractivity contribution in [1.29, 1.82) is 0 Å². The quantitative estimate of drug-likeness (QED) is 0.303. The smallest absolute Gasteiger partial charge is 0.363 e. The van der Waals surface area contributed by atoms with Gasteiger partial charge in [0.2, 0.25) is 5.90 Å². The summed E-state index contributed by atoms with van der Waals surface area (Å²) in [5.41, 5.74) is 3.12. The van der Waals surface area contributed by atoms with Gasteiger partial charge in [-0.1, -0.05) is 17.7 Å². The zero-order chi connectivity index (χ0) is 18.0. The third-order valence-electron chi connectivity index (χ3n) is 3.53. The minimum absolute atomic E-state index is 0.298. The molecule has 3 rings (SSSR count). The number of benzene rings is 2. The summed E-state index contributed by atoms with van der Waals surface area (Å²) in [6.07, 6.45) is 1.74. The number of carbonyl (C=O) groups excluding carboxylic acids is 1. The van der Waals surface area contributed by atoms with Gasteiger partial charge in [-0.05, 0) is 94.9 Å². The molecule has 1 heterocycles. The van der Waals surface area contributed by atoms with Crippen LogP contribution in [0.2, 0.25) is 0 Å². The lowest BCUT2D eigenvalue weighted by molar-refractivity contribution is -0.129. The number of cyclic esters (lactones) is 1. The van der Waals surface area contributed by atoms with Gasteiger partial charge in [-0.3, -0.25) is 0 Å². The molecule has 0 spiro atoms. The predicted octanol–water partition coefficient (Wildman–Crippen LogP) is 4.95. The van der Waals surface area contributed by atoms with Crippen molar-refractivity contribution in [2.24, 2.45) is 4.99 Å². The van der Waals surface area contributed by atoms with E-state index in [0.29, 0.717) is 18.2 Å². The first-order valence-electron chi connectivity index (χ1n) is 7.69. The lowest BCUT2D eigenvalue weighted by Crippen LogP contribution is -2.05.